The van der Waals surface area contributed by atoms with Gasteiger partial charge in [0.1, 0.15) is 12.6 Å². The Morgan fingerprint density at radius 1 is 1.00 bits per heavy atom. The van der Waals surface area contributed by atoms with E-state index >= 15 is 0 Å². The molecule has 0 aliphatic heterocycles. The van der Waals surface area contributed by atoms with Gasteiger partial charge in [0.05, 0.1) is 0 Å². The van der Waals surface area contributed by atoms with Crippen molar-refractivity contribution < 1.29 is 24.2 Å². The molecule has 0 saturated heterocycles. The highest BCUT2D eigenvalue weighted by Gasteiger charge is 2.30. The average molecular weight is 481 g/mol. The lowest BCUT2D eigenvalue weighted by Gasteiger charge is -2.28. The summed E-state index contributed by atoms with van der Waals surface area (Å²) in [6.45, 7) is 8.93. The summed E-state index contributed by atoms with van der Waals surface area (Å²) < 4.78 is 5.55. The van der Waals surface area contributed by atoms with E-state index in [0.29, 0.717) is 12.5 Å². The van der Waals surface area contributed by atoms with Gasteiger partial charge in [0.25, 0.3) is 0 Å². The summed E-state index contributed by atoms with van der Waals surface area (Å²) in [7, 11) is 0. The second-order valence-electron chi connectivity index (χ2n) is 10.4. The Morgan fingerprint density at radius 2 is 1.57 bits per heavy atom. The highest BCUT2D eigenvalue weighted by Crippen LogP contribution is 2.44. The normalized spacial score (nSPS) is 13.6. The van der Waals surface area contributed by atoms with Crippen LogP contribution in [0, 0.1) is 11.3 Å². The van der Waals surface area contributed by atoms with E-state index in [1.807, 2.05) is 36.4 Å². The van der Waals surface area contributed by atoms with Gasteiger partial charge in [-0.25, -0.2) is 4.79 Å². The number of hydrogen-bond acceptors (Lipinski definition) is 4. The Hall–Kier alpha value is -3.35. The predicted molar refractivity (Wildman–Crippen MR) is 135 cm³/mol. The first-order valence-electron chi connectivity index (χ1n) is 12.2. The molecule has 1 atom stereocenters. The number of carboxylic acid groups (broad SMARTS) is 1. The summed E-state index contributed by atoms with van der Waals surface area (Å²) >= 11 is 0. The fraction of sp³-hybridized carbons (Fsp3) is 0.464. The number of fused-ring (bicyclic) bond motifs is 3. The number of hydrogen-bond donors (Lipinski definition) is 3. The van der Waals surface area contributed by atoms with Crippen LogP contribution in [-0.2, 0) is 14.3 Å². The average Bonchev–Trinajstić information content (AvgIpc) is 3.11. The fourth-order valence-electron chi connectivity index (χ4n) is 4.95. The monoisotopic (exact) mass is 480 g/mol. The molecule has 3 N–H and O–H groups in total. The van der Waals surface area contributed by atoms with Crippen molar-refractivity contribution in [3.05, 3.63) is 59.7 Å². The van der Waals surface area contributed by atoms with Crippen LogP contribution in [0.1, 0.15) is 64.0 Å². The summed E-state index contributed by atoms with van der Waals surface area (Å²) in [5, 5.41) is 14.6. The summed E-state index contributed by atoms with van der Waals surface area (Å²) in [6, 6.07) is 15.1. The molecule has 3 rings (SSSR count). The molecule has 188 valence electrons. The van der Waals surface area contributed by atoms with Crippen molar-refractivity contribution >= 4 is 18.0 Å². The topological polar surface area (TPSA) is 105 Å². The van der Waals surface area contributed by atoms with Crippen molar-refractivity contribution in [2.75, 3.05) is 13.2 Å². The molecule has 0 radical (unpaired) electrons. The lowest BCUT2D eigenvalue weighted by atomic mass is 9.84. The smallest absolute Gasteiger partial charge is 0.407 e. The molecule has 1 unspecified atom stereocenters. The third kappa shape index (κ3) is 7.07. The molecule has 0 spiro atoms. The Labute approximate surface area is 207 Å². The largest absolute Gasteiger partial charge is 0.481 e. The van der Waals surface area contributed by atoms with E-state index in [1.54, 1.807) is 0 Å². The lowest BCUT2D eigenvalue weighted by Crippen LogP contribution is -2.49. The molecule has 0 fully saturated rings. The highest BCUT2D eigenvalue weighted by atomic mass is 16.5. The molecule has 35 heavy (non-hydrogen) atoms. The first-order valence-corrected chi connectivity index (χ1v) is 12.2. The molecule has 2 amide bonds. The first-order chi connectivity index (χ1) is 16.6. The van der Waals surface area contributed by atoms with Crippen molar-refractivity contribution in [2.45, 2.75) is 58.9 Å². The molecular weight excluding hydrogens is 444 g/mol. The number of rotatable bonds is 11. The minimum Gasteiger partial charge on any atom is -0.481 e. The number of amides is 2. The van der Waals surface area contributed by atoms with Crippen molar-refractivity contribution in [1.82, 2.24) is 10.6 Å². The Bertz CT molecular complexity index is 1020. The van der Waals surface area contributed by atoms with E-state index in [4.69, 9.17) is 9.84 Å². The van der Waals surface area contributed by atoms with E-state index in [1.165, 1.54) is 0 Å². The first kappa shape index (κ1) is 26.3. The second kappa shape index (κ2) is 11.4. The van der Waals surface area contributed by atoms with E-state index in [-0.39, 0.29) is 30.8 Å². The maximum Gasteiger partial charge on any atom is 0.407 e. The van der Waals surface area contributed by atoms with Gasteiger partial charge in [-0.2, -0.15) is 0 Å². The quantitative estimate of drug-likeness (QED) is 0.422. The molecule has 7 heteroatoms. The standard InChI is InChI=1S/C28H36N2O5/c1-18(2)15-28(3,4)17-29-26(33)24(13-14-25(31)32)30-27(34)35-16-23-21-11-7-5-9-19(21)20-10-6-8-12-22(20)23/h5-12,18,23-24H,13-17H2,1-4H3,(H,29,33)(H,30,34)(H,31,32). The maximum absolute atomic E-state index is 12.8. The summed E-state index contributed by atoms with van der Waals surface area (Å²) in [5.74, 6) is -1.06. The summed E-state index contributed by atoms with van der Waals surface area (Å²) in [4.78, 5) is 36.6. The zero-order valence-corrected chi connectivity index (χ0v) is 21.0. The Morgan fingerprint density at radius 3 is 2.11 bits per heavy atom. The number of carboxylic acids is 1. The van der Waals surface area contributed by atoms with Crippen LogP contribution in [0.2, 0.25) is 0 Å². The van der Waals surface area contributed by atoms with Crippen LogP contribution in [0.4, 0.5) is 4.79 Å². The summed E-state index contributed by atoms with van der Waals surface area (Å²) in [5.41, 5.74) is 4.31. The number of carbonyl (C=O) groups is 3. The highest BCUT2D eigenvalue weighted by molar-refractivity contribution is 5.86. The van der Waals surface area contributed by atoms with Crippen molar-refractivity contribution in [2.24, 2.45) is 11.3 Å². The third-order valence-corrected chi connectivity index (χ3v) is 6.30. The number of nitrogens with one attached hydrogen (secondary N) is 2. The Balaban J connectivity index is 1.63. The third-order valence-electron chi connectivity index (χ3n) is 6.30. The molecule has 0 heterocycles. The maximum atomic E-state index is 12.8. The van der Waals surface area contributed by atoms with Gasteiger partial charge in [0.15, 0.2) is 0 Å². The van der Waals surface area contributed by atoms with E-state index in [9.17, 15) is 14.4 Å². The molecule has 0 bridgehead atoms. The second-order valence-corrected chi connectivity index (χ2v) is 10.4. The van der Waals surface area contributed by atoms with Gasteiger partial charge in [-0.15, -0.1) is 0 Å². The van der Waals surface area contributed by atoms with Crippen LogP contribution in [0.5, 0.6) is 0 Å². The summed E-state index contributed by atoms with van der Waals surface area (Å²) in [6.07, 6.45) is -0.0705. The number of alkyl carbamates (subject to hydrolysis) is 1. The molecule has 7 nitrogen and oxygen atoms in total. The van der Waals surface area contributed by atoms with Gasteiger partial charge >= 0.3 is 12.1 Å². The molecule has 0 saturated carbocycles. The molecule has 2 aromatic rings. The van der Waals surface area contributed by atoms with Crippen LogP contribution in [0.15, 0.2) is 48.5 Å². The number of ether oxygens (including phenoxy) is 1. The van der Waals surface area contributed by atoms with Gasteiger partial charge in [0, 0.05) is 18.9 Å². The minimum absolute atomic E-state index is 0.0179. The van der Waals surface area contributed by atoms with Crippen LogP contribution in [-0.4, -0.2) is 42.3 Å². The minimum atomic E-state index is -1.03. The van der Waals surface area contributed by atoms with Gasteiger partial charge in [0.2, 0.25) is 5.91 Å². The molecule has 1 aliphatic rings. The Kier molecular flexibility index (Phi) is 8.54. The van der Waals surface area contributed by atoms with Crippen LogP contribution in [0.3, 0.4) is 0 Å². The fourth-order valence-corrected chi connectivity index (χ4v) is 4.95. The number of aliphatic carboxylic acids is 1. The zero-order valence-electron chi connectivity index (χ0n) is 21.0. The van der Waals surface area contributed by atoms with Gasteiger partial charge < -0.3 is 20.5 Å². The molecule has 1 aliphatic carbocycles. The molecule has 2 aromatic carbocycles. The molecular formula is C28H36N2O5. The van der Waals surface area contributed by atoms with Crippen molar-refractivity contribution in [3.63, 3.8) is 0 Å². The van der Waals surface area contributed by atoms with Gasteiger partial charge in [-0.1, -0.05) is 76.2 Å². The van der Waals surface area contributed by atoms with Gasteiger partial charge in [-0.05, 0) is 46.4 Å². The number of benzene rings is 2. The van der Waals surface area contributed by atoms with Crippen molar-refractivity contribution in [1.29, 1.82) is 0 Å². The van der Waals surface area contributed by atoms with E-state index in [2.05, 4.69) is 50.5 Å². The zero-order chi connectivity index (χ0) is 25.6. The van der Waals surface area contributed by atoms with Crippen LogP contribution >= 0.6 is 0 Å². The van der Waals surface area contributed by atoms with E-state index < -0.39 is 24.0 Å². The number of carbonyl (C=O) groups excluding carboxylic acids is 2. The molecule has 0 aromatic heterocycles. The van der Waals surface area contributed by atoms with Gasteiger partial charge in [-0.3, -0.25) is 9.59 Å². The van der Waals surface area contributed by atoms with Crippen molar-refractivity contribution in [3.8, 4) is 11.1 Å². The predicted octanol–water partition coefficient (Wildman–Crippen LogP) is 4.95. The van der Waals surface area contributed by atoms with Crippen LogP contribution in [0.25, 0.3) is 11.1 Å². The van der Waals surface area contributed by atoms with E-state index in [0.717, 1.165) is 28.7 Å². The lowest BCUT2D eigenvalue weighted by molar-refractivity contribution is -0.137. The SMILES string of the molecule is CC(C)CC(C)(C)CNC(=O)C(CCC(=O)O)NC(=O)OCC1c2ccccc2-c2ccccc21. The van der Waals surface area contributed by atoms with Crippen LogP contribution < -0.4 is 10.6 Å².